The zero-order valence-corrected chi connectivity index (χ0v) is 15.3. The van der Waals surface area contributed by atoms with Crippen LogP contribution in [0.4, 0.5) is 5.00 Å². The van der Waals surface area contributed by atoms with E-state index in [4.69, 9.17) is 16.3 Å². The first-order valence-electron chi connectivity index (χ1n) is 7.41. The number of carbonyl (C=O) groups excluding carboxylic acids is 2. The normalized spacial score (nSPS) is 10.8. The predicted octanol–water partition coefficient (Wildman–Crippen LogP) is 4.71. The molecule has 0 aliphatic heterocycles. The van der Waals surface area contributed by atoms with Gasteiger partial charge in [0.2, 0.25) is 5.91 Å². The highest BCUT2D eigenvalue weighted by Gasteiger charge is 2.22. The SMILES string of the molecule is CCc1c(C)sc(NC(=O)/C=C/c2ccc(Cl)cc2)c1C(=O)OC. The number of aryl methyl sites for hydroxylation is 1. The molecule has 0 atom stereocenters. The third-order valence-corrected chi connectivity index (χ3v) is 4.80. The first-order chi connectivity index (χ1) is 11.5. The average molecular weight is 364 g/mol. The molecule has 2 aromatic rings. The van der Waals surface area contributed by atoms with Crippen molar-refractivity contribution >= 4 is 45.9 Å². The molecule has 0 fully saturated rings. The van der Waals surface area contributed by atoms with E-state index in [0.717, 1.165) is 16.0 Å². The lowest BCUT2D eigenvalue weighted by atomic mass is 10.1. The van der Waals surface area contributed by atoms with Crippen LogP contribution in [0.1, 0.15) is 33.3 Å². The van der Waals surface area contributed by atoms with Gasteiger partial charge in [-0.3, -0.25) is 4.79 Å². The Bertz CT molecular complexity index is 778. The van der Waals surface area contributed by atoms with Gasteiger partial charge in [0.1, 0.15) is 5.00 Å². The molecule has 1 amide bonds. The molecule has 2 rings (SSSR count). The smallest absolute Gasteiger partial charge is 0.341 e. The third kappa shape index (κ3) is 4.24. The number of amides is 1. The number of halogens is 1. The second kappa shape index (κ2) is 8.13. The van der Waals surface area contributed by atoms with E-state index in [1.165, 1.54) is 24.5 Å². The molecular weight excluding hydrogens is 346 g/mol. The van der Waals surface area contributed by atoms with Crippen molar-refractivity contribution in [3.05, 3.63) is 56.9 Å². The second-order valence-corrected chi connectivity index (χ2v) is 6.72. The molecule has 0 radical (unpaired) electrons. The number of carbonyl (C=O) groups is 2. The Morgan fingerprint density at radius 3 is 2.54 bits per heavy atom. The van der Waals surface area contributed by atoms with Crippen molar-refractivity contribution in [1.29, 1.82) is 0 Å². The summed E-state index contributed by atoms with van der Waals surface area (Å²) >= 11 is 7.20. The summed E-state index contributed by atoms with van der Waals surface area (Å²) < 4.78 is 4.84. The van der Waals surface area contributed by atoms with E-state index >= 15 is 0 Å². The van der Waals surface area contributed by atoms with Crippen LogP contribution in [0.2, 0.25) is 5.02 Å². The summed E-state index contributed by atoms with van der Waals surface area (Å²) in [6.45, 7) is 3.89. The lowest BCUT2D eigenvalue weighted by molar-refractivity contribution is -0.111. The van der Waals surface area contributed by atoms with Gasteiger partial charge in [0.25, 0.3) is 0 Å². The van der Waals surface area contributed by atoms with Crippen molar-refractivity contribution in [3.8, 4) is 0 Å². The monoisotopic (exact) mass is 363 g/mol. The number of ether oxygens (including phenoxy) is 1. The number of methoxy groups -OCH3 is 1. The summed E-state index contributed by atoms with van der Waals surface area (Å²) in [6, 6.07) is 7.14. The summed E-state index contributed by atoms with van der Waals surface area (Å²) in [7, 11) is 1.33. The van der Waals surface area contributed by atoms with Gasteiger partial charge in [0, 0.05) is 16.0 Å². The lowest BCUT2D eigenvalue weighted by Crippen LogP contribution is -2.12. The number of anilines is 1. The van der Waals surface area contributed by atoms with Gasteiger partial charge in [0.05, 0.1) is 12.7 Å². The average Bonchev–Trinajstić information content (AvgIpc) is 2.88. The molecule has 1 N–H and O–H groups in total. The fraction of sp³-hybridized carbons (Fsp3) is 0.222. The van der Waals surface area contributed by atoms with Gasteiger partial charge in [0.15, 0.2) is 0 Å². The number of benzene rings is 1. The number of thiophene rings is 1. The Morgan fingerprint density at radius 1 is 1.29 bits per heavy atom. The van der Waals surface area contributed by atoms with E-state index in [-0.39, 0.29) is 5.91 Å². The quantitative estimate of drug-likeness (QED) is 0.618. The highest BCUT2D eigenvalue weighted by molar-refractivity contribution is 7.16. The molecule has 126 valence electrons. The lowest BCUT2D eigenvalue weighted by Gasteiger charge is -2.05. The molecule has 0 saturated carbocycles. The Balaban J connectivity index is 2.19. The zero-order chi connectivity index (χ0) is 17.7. The van der Waals surface area contributed by atoms with Gasteiger partial charge in [-0.25, -0.2) is 4.79 Å². The highest BCUT2D eigenvalue weighted by atomic mass is 35.5. The van der Waals surface area contributed by atoms with Crippen molar-refractivity contribution in [2.24, 2.45) is 0 Å². The maximum Gasteiger partial charge on any atom is 0.341 e. The van der Waals surface area contributed by atoms with E-state index in [1.807, 2.05) is 26.0 Å². The van der Waals surface area contributed by atoms with Gasteiger partial charge >= 0.3 is 5.97 Å². The molecule has 0 unspecified atom stereocenters. The first kappa shape index (κ1) is 18.2. The van der Waals surface area contributed by atoms with Crippen LogP contribution in [-0.4, -0.2) is 19.0 Å². The molecule has 24 heavy (non-hydrogen) atoms. The summed E-state index contributed by atoms with van der Waals surface area (Å²) in [6.07, 6.45) is 3.80. The minimum Gasteiger partial charge on any atom is -0.465 e. The minimum atomic E-state index is -0.437. The maximum atomic E-state index is 12.2. The predicted molar refractivity (Wildman–Crippen MR) is 98.9 cm³/mol. The van der Waals surface area contributed by atoms with Crippen LogP contribution in [0, 0.1) is 6.92 Å². The van der Waals surface area contributed by atoms with Crippen LogP contribution in [0.5, 0.6) is 0 Å². The number of rotatable bonds is 5. The van der Waals surface area contributed by atoms with Crippen molar-refractivity contribution < 1.29 is 14.3 Å². The number of nitrogens with one attached hydrogen (secondary N) is 1. The van der Waals surface area contributed by atoms with Gasteiger partial charge in [-0.2, -0.15) is 0 Å². The van der Waals surface area contributed by atoms with Crippen molar-refractivity contribution in [2.75, 3.05) is 12.4 Å². The Hall–Kier alpha value is -2.11. The maximum absolute atomic E-state index is 12.2. The Morgan fingerprint density at radius 2 is 1.96 bits per heavy atom. The topological polar surface area (TPSA) is 55.4 Å². The molecule has 1 heterocycles. The van der Waals surface area contributed by atoms with Crippen LogP contribution in [0.25, 0.3) is 6.08 Å². The highest BCUT2D eigenvalue weighted by Crippen LogP contribution is 2.34. The van der Waals surface area contributed by atoms with Crippen LogP contribution in [0.3, 0.4) is 0 Å². The summed E-state index contributed by atoms with van der Waals surface area (Å²) in [4.78, 5) is 25.2. The van der Waals surface area contributed by atoms with Gasteiger partial charge in [-0.15, -0.1) is 11.3 Å². The Labute approximate surface area is 150 Å². The summed E-state index contributed by atoms with van der Waals surface area (Å²) in [5.41, 5.74) is 2.21. The van der Waals surface area contributed by atoms with Crippen molar-refractivity contribution in [2.45, 2.75) is 20.3 Å². The minimum absolute atomic E-state index is 0.306. The van der Waals surface area contributed by atoms with E-state index < -0.39 is 5.97 Å². The largest absolute Gasteiger partial charge is 0.465 e. The molecule has 0 spiro atoms. The van der Waals surface area contributed by atoms with Crippen molar-refractivity contribution in [3.63, 3.8) is 0 Å². The number of esters is 1. The zero-order valence-electron chi connectivity index (χ0n) is 13.7. The van der Waals surface area contributed by atoms with Crippen LogP contribution in [-0.2, 0) is 16.0 Å². The molecule has 1 aromatic heterocycles. The second-order valence-electron chi connectivity index (χ2n) is 5.06. The molecule has 0 bridgehead atoms. The fourth-order valence-electron chi connectivity index (χ4n) is 2.31. The number of hydrogen-bond acceptors (Lipinski definition) is 4. The number of hydrogen-bond donors (Lipinski definition) is 1. The van der Waals surface area contributed by atoms with Crippen molar-refractivity contribution in [1.82, 2.24) is 0 Å². The van der Waals surface area contributed by atoms with Crippen LogP contribution >= 0.6 is 22.9 Å². The fourth-order valence-corrected chi connectivity index (χ4v) is 3.57. The van der Waals surface area contributed by atoms with Crippen LogP contribution in [0.15, 0.2) is 30.3 Å². The van der Waals surface area contributed by atoms with Crippen LogP contribution < -0.4 is 5.32 Å². The molecule has 0 saturated heterocycles. The van der Waals surface area contributed by atoms with Gasteiger partial charge < -0.3 is 10.1 Å². The summed E-state index contributed by atoms with van der Waals surface area (Å²) in [5, 5.41) is 3.92. The van der Waals surface area contributed by atoms with E-state index in [9.17, 15) is 9.59 Å². The van der Waals surface area contributed by atoms with E-state index in [0.29, 0.717) is 22.0 Å². The third-order valence-electron chi connectivity index (χ3n) is 3.49. The molecule has 0 aliphatic rings. The van der Waals surface area contributed by atoms with E-state index in [2.05, 4.69) is 5.32 Å². The molecular formula is C18H18ClNO3S. The van der Waals surface area contributed by atoms with Gasteiger partial charge in [-0.05, 0) is 42.7 Å². The molecule has 6 heteroatoms. The summed E-state index contributed by atoms with van der Waals surface area (Å²) in [5.74, 6) is -0.743. The molecule has 0 aliphatic carbocycles. The first-order valence-corrected chi connectivity index (χ1v) is 8.61. The van der Waals surface area contributed by atoms with E-state index in [1.54, 1.807) is 18.2 Å². The molecule has 1 aromatic carbocycles. The Kier molecular flexibility index (Phi) is 6.17. The van der Waals surface area contributed by atoms with Gasteiger partial charge in [-0.1, -0.05) is 30.7 Å². The standard InChI is InChI=1S/C18H18ClNO3S/c1-4-14-11(2)24-17(16(14)18(22)23-3)20-15(21)10-7-12-5-8-13(19)9-6-12/h5-10H,4H2,1-3H3,(H,20,21)/b10-7+. The molecule has 4 nitrogen and oxygen atoms in total.